The van der Waals surface area contributed by atoms with E-state index >= 15 is 0 Å². The zero-order valence-corrected chi connectivity index (χ0v) is 15.2. The molecule has 0 amide bonds. The molecule has 0 atom stereocenters. The van der Waals surface area contributed by atoms with Gasteiger partial charge in [0.2, 0.25) is 0 Å². The second-order valence-electron chi connectivity index (χ2n) is 6.77. The number of unbranched alkanes of at least 4 members (excludes halogenated alkanes) is 4. The summed E-state index contributed by atoms with van der Waals surface area (Å²) in [5.74, 6) is 0. The summed E-state index contributed by atoms with van der Waals surface area (Å²) in [4.78, 5) is 0. The van der Waals surface area contributed by atoms with Crippen LogP contribution < -0.4 is 0 Å². The van der Waals surface area contributed by atoms with Crippen LogP contribution in [0.25, 0.3) is 22.3 Å². The van der Waals surface area contributed by atoms with Crippen molar-refractivity contribution >= 4 is 0 Å². The van der Waals surface area contributed by atoms with Gasteiger partial charge >= 0.3 is 0 Å². The second-order valence-corrected chi connectivity index (χ2v) is 6.77. The third-order valence-corrected chi connectivity index (χ3v) is 4.85. The van der Waals surface area contributed by atoms with Crippen molar-refractivity contribution < 1.29 is 0 Å². The van der Waals surface area contributed by atoms with Crippen LogP contribution in [0, 0.1) is 0 Å². The lowest BCUT2D eigenvalue weighted by atomic mass is 9.92. The monoisotopic (exact) mass is 328 g/mol. The van der Waals surface area contributed by atoms with Crippen molar-refractivity contribution in [2.75, 3.05) is 0 Å². The molecular weight excluding hydrogens is 300 g/mol. The molecule has 25 heavy (non-hydrogen) atoms. The number of hydrogen-bond donors (Lipinski definition) is 0. The van der Waals surface area contributed by atoms with Crippen LogP contribution in [0.2, 0.25) is 0 Å². The lowest BCUT2D eigenvalue weighted by Gasteiger charge is -2.13. The minimum absolute atomic E-state index is 1.17. The second kappa shape index (κ2) is 9.22. The molecule has 0 aliphatic rings. The first-order chi connectivity index (χ1) is 12.4. The quantitative estimate of drug-likeness (QED) is 0.375. The maximum Gasteiger partial charge on any atom is -0.0146 e. The van der Waals surface area contributed by atoms with Gasteiger partial charge in [0.1, 0.15) is 0 Å². The number of benzene rings is 3. The SMILES string of the molecule is CCCCCCCc1ccc(-c2ccccc2)cc1-c1ccccc1. The Morgan fingerprint density at radius 3 is 1.88 bits per heavy atom. The molecule has 0 heterocycles. The fraction of sp³-hybridized carbons (Fsp3) is 0.280. The van der Waals surface area contributed by atoms with Gasteiger partial charge in [0, 0.05) is 0 Å². The summed E-state index contributed by atoms with van der Waals surface area (Å²) in [5.41, 5.74) is 6.77. The van der Waals surface area contributed by atoms with E-state index in [1.807, 2.05) is 0 Å². The van der Waals surface area contributed by atoms with Crippen molar-refractivity contribution in [3.63, 3.8) is 0 Å². The first-order valence-corrected chi connectivity index (χ1v) is 9.62. The summed E-state index contributed by atoms with van der Waals surface area (Å²) in [5, 5.41) is 0. The molecule has 0 unspecified atom stereocenters. The molecule has 0 saturated carbocycles. The molecule has 0 radical (unpaired) electrons. The standard InChI is InChI=1S/C25H28/c1-2-3-4-5-8-17-23-18-19-24(21-13-9-6-10-14-21)20-25(23)22-15-11-7-12-16-22/h6-7,9-16,18-20H,2-5,8,17H2,1H3. The highest BCUT2D eigenvalue weighted by molar-refractivity contribution is 5.75. The van der Waals surface area contributed by atoms with E-state index in [1.165, 1.54) is 66.3 Å². The van der Waals surface area contributed by atoms with Gasteiger partial charge in [-0.05, 0) is 46.7 Å². The van der Waals surface area contributed by atoms with E-state index in [0.717, 1.165) is 0 Å². The van der Waals surface area contributed by atoms with Crippen LogP contribution >= 0.6 is 0 Å². The largest absolute Gasteiger partial charge is 0.0654 e. The number of aryl methyl sites for hydroxylation is 1. The molecule has 0 N–H and O–H groups in total. The first-order valence-electron chi connectivity index (χ1n) is 9.62. The van der Waals surface area contributed by atoms with Gasteiger partial charge in [-0.25, -0.2) is 0 Å². The summed E-state index contributed by atoms with van der Waals surface area (Å²) in [6, 6.07) is 28.5. The zero-order valence-electron chi connectivity index (χ0n) is 15.2. The van der Waals surface area contributed by atoms with Gasteiger partial charge < -0.3 is 0 Å². The van der Waals surface area contributed by atoms with E-state index in [2.05, 4.69) is 85.8 Å². The molecule has 0 saturated heterocycles. The first kappa shape index (κ1) is 17.5. The molecule has 3 rings (SSSR count). The highest BCUT2D eigenvalue weighted by Crippen LogP contribution is 2.30. The van der Waals surface area contributed by atoms with Crippen LogP contribution in [-0.4, -0.2) is 0 Å². The molecule has 0 aliphatic carbocycles. The smallest absolute Gasteiger partial charge is 0.0146 e. The summed E-state index contributed by atoms with van der Waals surface area (Å²) in [6.45, 7) is 2.27. The molecule has 128 valence electrons. The average Bonchev–Trinajstić information content (AvgIpc) is 2.69. The zero-order chi connectivity index (χ0) is 17.3. The lowest BCUT2D eigenvalue weighted by molar-refractivity contribution is 0.632. The predicted octanol–water partition coefficient (Wildman–Crippen LogP) is 7.53. The van der Waals surface area contributed by atoms with Gasteiger partial charge in [-0.2, -0.15) is 0 Å². The fourth-order valence-corrected chi connectivity index (χ4v) is 3.41. The van der Waals surface area contributed by atoms with Gasteiger partial charge in [0.15, 0.2) is 0 Å². The normalized spacial score (nSPS) is 10.8. The van der Waals surface area contributed by atoms with Gasteiger partial charge in [-0.1, -0.05) is 105 Å². The Kier molecular flexibility index (Phi) is 6.45. The lowest BCUT2D eigenvalue weighted by Crippen LogP contribution is -1.92. The van der Waals surface area contributed by atoms with E-state index < -0.39 is 0 Å². The molecule has 0 heteroatoms. The molecule has 0 aliphatic heterocycles. The van der Waals surface area contributed by atoms with Crippen molar-refractivity contribution in [2.24, 2.45) is 0 Å². The third-order valence-electron chi connectivity index (χ3n) is 4.85. The molecule has 0 fully saturated rings. The molecule has 3 aromatic rings. The van der Waals surface area contributed by atoms with Crippen molar-refractivity contribution in [1.82, 2.24) is 0 Å². The maximum atomic E-state index is 2.37. The highest BCUT2D eigenvalue weighted by atomic mass is 14.1. The summed E-state index contributed by atoms with van der Waals surface area (Å²) >= 11 is 0. The molecular formula is C25H28. The van der Waals surface area contributed by atoms with Crippen LogP contribution in [0.3, 0.4) is 0 Å². The Morgan fingerprint density at radius 2 is 1.20 bits per heavy atom. The summed E-state index contributed by atoms with van der Waals surface area (Å²) in [7, 11) is 0. The van der Waals surface area contributed by atoms with Crippen LogP contribution in [-0.2, 0) is 6.42 Å². The van der Waals surface area contributed by atoms with Crippen LogP contribution in [0.5, 0.6) is 0 Å². The fourth-order valence-electron chi connectivity index (χ4n) is 3.41. The van der Waals surface area contributed by atoms with E-state index in [9.17, 15) is 0 Å². The Hall–Kier alpha value is -2.34. The van der Waals surface area contributed by atoms with Crippen molar-refractivity contribution in [3.05, 3.63) is 84.4 Å². The summed E-state index contributed by atoms with van der Waals surface area (Å²) in [6.07, 6.45) is 7.81. The van der Waals surface area contributed by atoms with E-state index in [-0.39, 0.29) is 0 Å². The summed E-state index contributed by atoms with van der Waals surface area (Å²) < 4.78 is 0. The number of hydrogen-bond acceptors (Lipinski definition) is 0. The Labute approximate surface area is 152 Å². The van der Waals surface area contributed by atoms with Crippen molar-refractivity contribution in [1.29, 1.82) is 0 Å². The molecule has 0 aromatic heterocycles. The average molecular weight is 328 g/mol. The molecule has 0 bridgehead atoms. The highest BCUT2D eigenvalue weighted by Gasteiger charge is 2.08. The third kappa shape index (κ3) is 4.82. The van der Waals surface area contributed by atoms with Crippen LogP contribution in [0.1, 0.15) is 44.6 Å². The van der Waals surface area contributed by atoms with Crippen molar-refractivity contribution in [3.8, 4) is 22.3 Å². The van der Waals surface area contributed by atoms with Crippen LogP contribution in [0.15, 0.2) is 78.9 Å². The Morgan fingerprint density at radius 1 is 0.560 bits per heavy atom. The van der Waals surface area contributed by atoms with Gasteiger partial charge in [-0.15, -0.1) is 0 Å². The minimum atomic E-state index is 1.17. The Balaban J connectivity index is 1.87. The van der Waals surface area contributed by atoms with Crippen LogP contribution in [0.4, 0.5) is 0 Å². The van der Waals surface area contributed by atoms with Gasteiger partial charge in [-0.3, -0.25) is 0 Å². The van der Waals surface area contributed by atoms with E-state index in [1.54, 1.807) is 0 Å². The minimum Gasteiger partial charge on any atom is -0.0654 e. The number of rotatable bonds is 8. The van der Waals surface area contributed by atoms with E-state index in [0.29, 0.717) is 0 Å². The predicted molar refractivity (Wildman–Crippen MR) is 110 cm³/mol. The Bertz CT molecular complexity index is 757. The molecule has 3 aromatic carbocycles. The van der Waals surface area contributed by atoms with Gasteiger partial charge in [0.25, 0.3) is 0 Å². The molecule has 0 nitrogen and oxygen atoms in total. The maximum absolute atomic E-state index is 2.37. The molecule has 0 spiro atoms. The van der Waals surface area contributed by atoms with Crippen molar-refractivity contribution in [2.45, 2.75) is 45.4 Å². The van der Waals surface area contributed by atoms with Gasteiger partial charge in [0.05, 0.1) is 0 Å². The topological polar surface area (TPSA) is 0 Å². The van der Waals surface area contributed by atoms with E-state index in [4.69, 9.17) is 0 Å².